The maximum atomic E-state index is 9.15. The van der Waals surface area contributed by atoms with Crippen LogP contribution in [0.3, 0.4) is 0 Å². The van der Waals surface area contributed by atoms with Crippen LogP contribution in [-0.4, -0.2) is 29.7 Å². The Balaban J connectivity index is 2.21. The number of unbranched alkanes of at least 4 members (excludes halogenated alkanes) is 5. The molecule has 0 spiro atoms. The van der Waals surface area contributed by atoms with Gasteiger partial charge in [0.2, 0.25) is 0 Å². The number of hydrogen-bond acceptors (Lipinski definition) is 2. The van der Waals surface area contributed by atoms with Crippen LogP contribution in [0.4, 0.5) is 0 Å². The van der Waals surface area contributed by atoms with Gasteiger partial charge >= 0.3 is 0 Å². The maximum Gasteiger partial charge on any atom is 0.0558 e. The quantitative estimate of drug-likeness (QED) is 0.613. The minimum atomic E-state index is 0.253. The highest BCUT2D eigenvalue weighted by molar-refractivity contribution is 5.14. The predicted molar refractivity (Wildman–Crippen MR) is 82.2 cm³/mol. The van der Waals surface area contributed by atoms with E-state index < -0.39 is 0 Å². The summed E-state index contributed by atoms with van der Waals surface area (Å²) in [7, 11) is 0. The molecule has 0 amide bonds. The molecular weight excluding hydrogens is 234 g/mol. The zero-order valence-electron chi connectivity index (χ0n) is 12.4. The molecule has 108 valence electrons. The molecule has 0 saturated carbocycles. The van der Waals surface area contributed by atoms with Crippen molar-refractivity contribution in [1.29, 1.82) is 0 Å². The summed E-state index contributed by atoms with van der Waals surface area (Å²) in [5, 5.41) is 9.15. The van der Waals surface area contributed by atoms with E-state index in [0.717, 1.165) is 19.6 Å². The minimum Gasteiger partial charge on any atom is -0.395 e. The second-order valence-electron chi connectivity index (χ2n) is 5.25. The second-order valence-corrected chi connectivity index (χ2v) is 5.25. The van der Waals surface area contributed by atoms with Gasteiger partial charge in [0.1, 0.15) is 0 Å². The smallest absolute Gasteiger partial charge is 0.0558 e. The van der Waals surface area contributed by atoms with Gasteiger partial charge in [-0.15, -0.1) is 0 Å². The van der Waals surface area contributed by atoms with E-state index in [9.17, 15) is 0 Å². The van der Waals surface area contributed by atoms with Gasteiger partial charge in [0, 0.05) is 13.1 Å². The number of aliphatic hydroxyl groups is 1. The molecule has 0 fully saturated rings. The van der Waals surface area contributed by atoms with E-state index in [-0.39, 0.29) is 6.61 Å². The molecule has 0 radical (unpaired) electrons. The SMILES string of the molecule is CCCCCCCCN(CCO)Cc1ccccc1. The first-order valence-corrected chi connectivity index (χ1v) is 7.74. The number of benzene rings is 1. The second kappa shape index (κ2) is 11.0. The Morgan fingerprint density at radius 1 is 0.895 bits per heavy atom. The van der Waals surface area contributed by atoms with Crippen LogP contribution < -0.4 is 0 Å². The molecule has 0 aliphatic carbocycles. The lowest BCUT2D eigenvalue weighted by atomic mass is 10.1. The van der Waals surface area contributed by atoms with Gasteiger partial charge in [-0.3, -0.25) is 4.90 Å². The molecule has 2 nitrogen and oxygen atoms in total. The summed E-state index contributed by atoms with van der Waals surface area (Å²) in [6, 6.07) is 10.5. The van der Waals surface area contributed by atoms with E-state index in [1.165, 1.54) is 44.1 Å². The third kappa shape index (κ3) is 8.02. The zero-order chi connectivity index (χ0) is 13.8. The van der Waals surface area contributed by atoms with E-state index in [4.69, 9.17) is 5.11 Å². The van der Waals surface area contributed by atoms with Crippen LogP contribution in [0, 0.1) is 0 Å². The summed E-state index contributed by atoms with van der Waals surface area (Å²) in [6.45, 7) is 5.34. The Hall–Kier alpha value is -0.860. The average Bonchev–Trinajstić information content (AvgIpc) is 2.44. The van der Waals surface area contributed by atoms with Crippen LogP contribution in [0.15, 0.2) is 30.3 Å². The first kappa shape index (κ1) is 16.2. The van der Waals surface area contributed by atoms with Crippen molar-refractivity contribution in [3.05, 3.63) is 35.9 Å². The fourth-order valence-electron chi connectivity index (χ4n) is 2.37. The first-order chi connectivity index (χ1) is 9.36. The number of aliphatic hydroxyl groups excluding tert-OH is 1. The molecule has 0 unspecified atom stereocenters. The van der Waals surface area contributed by atoms with Crippen molar-refractivity contribution in [1.82, 2.24) is 4.90 Å². The highest BCUT2D eigenvalue weighted by Crippen LogP contribution is 2.08. The van der Waals surface area contributed by atoms with E-state index in [2.05, 4.69) is 36.1 Å². The van der Waals surface area contributed by atoms with Crippen molar-refractivity contribution in [3.8, 4) is 0 Å². The van der Waals surface area contributed by atoms with Crippen LogP contribution in [-0.2, 0) is 6.54 Å². The summed E-state index contributed by atoms with van der Waals surface area (Å²) in [5.74, 6) is 0. The van der Waals surface area contributed by atoms with Crippen molar-refractivity contribution in [2.24, 2.45) is 0 Å². The van der Waals surface area contributed by atoms with Gasteiger partial charge in [-0.2, -0.15) is 0 Å². The zero-order valence-corrected chi connectivity index (χ0v) is 12.4. The molecule has 0 heterocycles. The van der Waals surface area contributed by atoms with E-state index in [1.54, 1.807) is 0 Å². The Bertz CT molecular complexity index is 299. The van der Waals surface area contributed by atoms with Gasteiger partial charge in [0.15, 0.2) is 0 Å². The molecule has 0 aliphatic rings. The third-order valence-electron chi connectivity index (χ3n) is 3.49. The molecule has 2 heteroatoms. The molecule has 0 aromatic heterocycles. The molecule has 0 atom stereocenters. The first-order valence-electron chi connectivity index (χ1n) is 7.74. The minimum absolute atomic E-state index is 0.253. The lowest BCUT2D eigenvalue weighted by Crippen LogP contribution is -2.27. The summed E-state index contributed by atoms with van der Waals surface area (Å²) >= 11 is 0. The van der Waals surface area contributed by atoms with Crippen molar-refractivity contribution in [2.75, 3.05) is 19.7 Å². The lowest BCUT2D eigenvalue weighted by Gasteiger charge is -2.21. The standard InChI is InChI=1S/C17H29NO/c1-2-3-4-5-6-10-13-18(14-15-19)16-17-11-8-7-9-12-17/h7-9,11-12,19H,2-6,10,13-16H2,1H3. The summed E-state index contributed by atoms with van der Waals surface area (Å²) < 4.78 is 0. The fourth-order valence-corrected chi connectivity index (χ4v) is 2.37. The Morgan fingerprint density at radius 2 is 1.58 bits per heavy atom. The molecule has 1 rings (SSSR count). The molecule has 0 saturated heterocycles. The van der Waals surface area contributed by atoms with Crippen LogP contribution >= 0.6 is 0 Å². The topological polar surface area (TPSA) is 23.5 Å². The Kier molecular flexibility index (Phi) is 9.38. The Morgan fingerprint density at radius 3 is 2.26 bits per heavy atom. The maximum absolute atomic E-state index is 9.15. The number of hydrogen-bond donors (Lipinski definition) is 1. The van der Waals surface area contributed by atoms with E-state index in [0.29, 0.717) is 0 Å². The predicted octanol–water partition coefficient (Wildman–Crippen LogP) is 3.84. The van der Waals surface area contributed by atoms with Gasteiger partial charge in [-0.05, 0) is 18.5 Å². The summed E-state index contributed by atoms with van der Waals surface area (Å²) in [6.07, 6.45) is 7.96. The molecule has 0 aliphatic heterocycles. The number of nitrogens with zero attached hydrogens (tertiary/aromatic N) is 1. The normalized spacial score (nSPS) is 11.1. The molecule has 1 N–H and O–H groups in total. The number of rotatable bonds is 11. The molecular formula is C17H29NO. The fraction of sp³-hybridized carbons (Fsp3) is 0.647. The van der Waals surface area contributed by atoms with Gasteiger partial charge in [-0.25, -0.2) is 0 Å². The van der Waals surface area contributed by atoms with Crippen LogP contribution in [0.1, 0.15) is 51.0 Å². The Labute approximate surface area is 118 Å². The molecule has 1 aromatic rings. The van der Waals surface area contributed by atoms with E-state index in [1.807, 2.05) is 6.07 Å². The summed E-state index contributed by atoms with van der Waals surface area (Å²) in [4.78, 5) is 2.36. The van der Waals surface area contributed by atoms with Gasteiger partial charge in [0.25, 0.3) is 0 Å². The van der Waals surface area contributed by atoms with Crippen molar-refractivity contribution in [3.63, 3.8) is 0 Å². The summed E-state index contributed by atoms with van der Waals surface area (Å²) in [5.41, 5.74) is 1.34. The van der Waals surface area contributed by atoms with Crippen LogP contribution in [0.5, 0.6) is 0 Å². The van der Waals surface area contributed by atoms with Crippen LogP contribution in [0.2, 0.25) is 0 Å². The third-order valence-corrected chi connectivity index (χ3v) is 3.49. The molecule has 1 aromatic carbocycles. The van der Waals surface area contributed by atoms with Crippen molar-refractivity contribution >= 4 is 0 Å². The monoisotopic (exact) mass is 263 g/mol. The van der Waals surface area contributed by atoms with Gasteiger partial charge < -0.3 is 5.11 Å². The van der Waals surface area contributed by atoms with Gasteiger partial charge in [0.05, 0.1) is 6.61 Å². The molecule has 0 bridgehead atoms. The lowest BCUT2D eigenvalue weighted by molar-refractivity contribution is 0.187. The average molecular weight is 263 g/mol. The molecule has 19 heavy (non-hydrogen) atoms. The van der Waals surface area contributed by atoms with Gasteiger partial charge in [-0.1, -0.05) is 69.4 Å². The van der Waals surface area contributed by atoms with Crippen LogP contribution in [0.25, 0.3) is 0 Å². The highest BCUT2D eigenvalue weighted by Gasteiger charge is 2.04. The highest BCUT2D eigenvalue weighted by atomic mass is 16.3. The largest absolute Gasteiger partial charge is 0.395 e. The van der Waals surface area contributed by atoms with Crippen molar-refractivity contribution in [2.45, 2.75) is 52.0 Å². The van der Waals surface area contributed by atoms with E-state index >= 15 is 0 Å². The van der Waals surface area contributed by atoms with Crippen molar-refractivity contribution < 1.29 is 5.11 Å².